The van der Waals surface area contributed by atoms with Crippen molar-refractivity contribution in [3.63, 3.8) is 0 Å². The Labute approximate surface area is 141 Å². The second kappa shape index (κ2) is 9.12. The molecule has 0 fully saturated rings. The minimum absolute atomic E-state index is 0.0981. The molecule has 0 radical (unpaired) electrons. The van der Waals surface area contributed by atoms with Crippen molar-refractivity contribution in [2.45, 2.75) is 58.5 Å². The van der Waals surface area contributed by atoms with E-state index in [1.165, 1.54) is 13.8 Å². The minimum atomic E-state index is -4.46. The molecule has 4 atom stereocenters. The van der Waals surface area contributed by atoms with Crippen LogP contribution in [0, 0.1) is 5.92 Å². The highest BCUT2D eigenvalue weighted by atomic mass is 31.2. The summed E-state index contributed by atoms with van der Waals surface area (Å²) in [4.78, 5) is 53.4. The van der Waals surface area contributed by atoms with E-state index in [9.17, 15) is 18.9 Å². The lowest BCUT2D eigenvalue weighted by molar-refractivity contribution is -0.132. The van der Waals surface area contributed by atoms with Gasteiger partial charge in [-0.25, -0.2) is 0 Å². The molecule has 0 saturated carbocycles. The zero-order valence-corrected chi connectivity index (χ0v) is 15.3. The molecule has 10 nitrogen and oxygen atoms in total. The van der Waals surface area contributed by atoms with E-state index in [1.54, 1.807) is 13.8 Å². The molecule has 11 heteroatoms. The molecular formula is C13H27N4O6P. The topological polar surface area (TPSA) is 171 Å². The van der Waals surface area contributed by atoms with Crippen LogP contribution in [0.5, 0.6) is 0 Å². The summed E-state index contributed by atoms with van der Waals surface area (Å²) in [6, 6.07) is -2.72. The van der Waals surface area contributed by atoms with Crippen molar-refractivity contribution >= 4 is 25.3 Å². The highest BCUT2D eigenvalue weighted by Crippen LogP contribution is 2.39. The maximum Gasteiger partial charge on any atom is 0.347 e. The van der Waals surface area contributed by atoms with E-state index in [1.807, 2.05) is 0 Å². The Hall–Kier alpha value is -1.48. The molecule has 0 aromatic carbocycles. The molecule has 0 bridgehead atoms. The van der Waals surface area contributed by atoms with E-state index in [0.717, 1.165) is 6.92 Å². The quantitative estimate of drug-likeness (QED) is 0.287. The molecule has 7 N–H and O–H groups in total. The third-order valence-electron chi connectivity index (χ3n) is 3.38. The number of carbonyl (C=O) groups is 3. The van der Waals surface area contributed by atoms with Gasteiger partial charge >= 0.3 is 7.60 Å². The van der Waals surface area contributed by atoms with Crippen molar-refractivity contribution in [1.29, 1.82) is 0 Å². The van der Waals surface area contributed by atoms with Crippen LogP contribution in [0.15, 0.2) is 0 Å². The number of carbonyl (C=O) groups excluding carboxylic acids is 3. The minimum Gasteiger partial charge on any atom is -0.343 e. The van der Waals surface area contributed by atoms with Gasteiger partial charge in [-0.15, -0.1) is 0 Å². The molecule has 24 heavy (non-hydrogen) atoms. The lowest BCUT2D eigenvalue weighted by atomic mass is 10.0. The molecule has 0 aromatic heterocycles. The highest BCUT2D eigenvalue weighted by Gasteiger charge is 2.29. The highest BCUT2D eigenvalue weighted by molar-refractivity contribution is 7.52. The predicted molar refractivity (Wildman–Crippen MR) is 87.7 cm³/mol. The van der Waals surface area contributed by atoms with E-state index in [-0.39, 0.29) is 5.92 Å². The van der Waals surface area contributed by atoms with Crippen molar-refractivity contribution in [3.05, 3.63) is 0 Å². The fraction of sp³-hybridized carbons (Fsp3) is 0.769. The van der Waals surface area contributed by atoms with E-state index >= 15 is 0 Å². The SMILES string of the molecule is CC(NC(=O)C(C)NC(=O)C(N)C(C)C)C(=O)NC(C)P(=O)(O)O. The summed E-state index contributed by atoms with van der Waals surface area (Å²) in [5, 5.41) is 6.90. The summed E-state index contributed by atoms with van der Waals surface area (Å²) in [5.41, 5.74) is 5.67. The van der Waals surface area contributed by atoms with Gasteiger partial charge in [-0.05, 0) is 26.7 Å². The Bertz CT molecular complexity index is 521. The number of amides is 3. The monoisotopic (exact) mass is 366 g/mol. The van der Waals surface area contributed by atoms with Crippen LogP contribution in [0.4, 0.5) is 0 Å². The summed E-state index contributed by atoms with van der Waals surface area (Å²) in [5.74, 6) is -3.33. The van der Waals surface area contributed by atoms with Gasteiger partial charge in [-0.1, -0.05) is 13.8 Å². The van der Waals surface area contributed by atoms with Crippen LogP contribution in [-0.2, 0) is 18.9 Å². The molecule has 0 aliphatic heterocycles. The molecule has 4 unspecified atom stereocenters. The second-order valence-corrected chi connectivity index (χ2v) is 7.96. The zero-order valence-electron chi connectivity index (χ0n) is 14.4. The van der Waals surface area contributed by atoms with Gasteiger partial charge in [0.25, 0.3) is 0 Å². The fourth-order valence-electron chi connectivity index (χ4n) is 1.50. The normalized spacial score (nSPS) is 16.7. The Morgan fingerprint density at radius 3 is 1.58 bits per heavy atom. The van der Waals surface area contributed by atoms with E-state index in [2.05, 4.69) is 16.0 Å². The first kappa shape index (κ1) is 22.5. The Morgan fingerprint density at radius 2 is 1.21 bits per heavy atom. The lowest BCUT2D eigenvalue weighted by Crippen LogP contribution is -2.55. The van der Waals surface area contributed by atoms with Crippen LogP contribution < -0.4 is 21.7 Å². The zero-order chi connectivity index (χ0) is 19.2. The maximum atomic E-state index is 12.0. The second-order valence-electron chi connectivity index (χ2n) is 6.00. The van der Waals surface area contributed by atoms with E-state index in [0.29, 0.717) is 0 Å². The molecule has 0 aromatic rings. The first-order valence-corrected chi connectivity index (χ1v) is 9.17. The van der Waals surface area contributed by atoms with Gasteiger partial charge < -0.3 is 31.5 Å². The Morgan fingerprint density at radius 1 is 0.833 bits per heavy atom. The first-order chi connectivity index (χ1) is 10.8. The van der Waals surface area contributed by atoms with Gasteiger partial charge in [0.05, 0.1) is 6.04 Å². The number of nitrogens with two attached hydrogens (primary N) is 1. The molecule has 0 aliphatic carbocycles. The van der Waals surface area contributed by atoms with Crippen molar-refractivity contribution in [2.24, 2.45) is 11.7 Å². The van der Waals surface area contributed by atoms with Crippen LogP contribution in [0.25, 0.3) is 0 Å². The Kier molecular flexibility index (Phi) is 8.56. The molecule has 0 heterocycles. The summed E-state index contributed by atoms with van der Waals surface area (Å²) < 4.78 is 11.0. The van der Waals surface area contributed by atoms with Crippen molar-refractivity contribution in [2.75, 3.05) is 0 Å². The van der Waals surface area contributed by atoms with E-state index < -0.39 is 49.2 Å². The standard InChI is InChI=1S/C13H27N4O6P/c1-6(2)10(14)13(20)16-7(3)11(18)15-8(4)12(19)17-9(5)24(21,22)23/h6-10H,14H2,1-5H3,(H,15,18)(H,16,20)(H,17,19)(H2,21,22,23). The average molecular weight is 366 g/mol. The molecule has 3 amide bonds. The number of nitrogens with one attached hydrogen (secondary N) is 3. The van der Waals surface area contributed by atoms with Gasteiger partial charge in [-0.2, -0.15) is 0 Å². The molecule has 140 valence electrons. The van der Waals surface area contributed by atoms with Crippen molar-refractivity contribution in [1.82, 2.24) is 16.0 Å². The summed E-state index contributed by atoms with van der Waals surface area (Å²) in [6.07, 6.45) is 0. The first-order valence-electron chi connectivity index (χ1n) is 7.49. The van der Waals surface area contributed by atoms with Gasteiger partial charge in [0.2, 0.25) is 17.7 Å². The van der Waals surface area contributed by atoms with Crippen LogP contribution in [0.1, 0.15) is 34.6 Å². The fourth-order valence-corrected chi connectivity index (χ4v) is 1.79. The lowest BCUT2D eigenvalue weighted by Gasteiger charge is -2.22. The molecule has 0 rings (SSSR count). The van der Waals surface area contributed by atoms with Crippen LogP contribution in [-0.4, -0.2) is 51.4 Å². The molecule has 0 saturated heterocycles. The van der Waals surface area contributed by atoms with E-state index in [4.69, 9.17) is 15.5 Å². The molecular weight excluding hydrogens is 339 g/mol. The molecule has 0 aliphatic rings. The van der Waals surface area contributed by atoms with Gasteiger partial charge in [0.1, 0.15) is 17.9 Å². The van der Waals surface area contributed by atoms with Crippen LogP contribution in [0.3, 0.4) is 0 Å². The third kappa shape index (κ3) is 7.39. The largest absolute Gasteiger partial charge is 0.347 e. The van der Waals surface area contributed by atoms with Crippen LogP contribution in [0.2, 0.25) is 0 Å². The van der Waals surface area contributed by atoms with Gasteiger partial charge in [-0.3, -0.25) is 18.9 Å². The average Bonchev–Trinajstić information content (AvgIpc) is 2.44. The third-order valence-corrected chi connectivity index (χ3v) is 4.52. The summed E-state index contributed by atoms with van der Waals surface area (Å²) >= 11 is 0. The predicted octanol–water partition coefficient (Wildman–Crippen LogP) is -1.38. The number of rotatable bonds is 8. The van der Waals surface area contributed by atoms with Gasteiger partial charge in [0.15, 0.2) is 0 Å². The van der Waals surface area contributed by atoms with Crippen LogP contribution >= 0.6 is 7.60 Å². The number of hydrogen-bond donors (Lipinski definition) is 6. The number of hydrogen-bond acceptors (Lipinski definition) is 5. The molecule has 0 spiro atoms. The van der Waals surface area contributed by atoms with Crippen molar-refractivity contribution < 1.29 is 28.7 Å². The van der Waals surface area contributed by atoms with Crippen molar-refractivity contribution in [3.8, 4) is 0 Å². The summed E-state index contributed by atoms with van der Waals surface area (Å²) in [6.45, 7) is 7.48. The maximum absolute atomic E-state index is 12.0. The van der Waals surface area contributed by atoms with Gasteiger partial charge in [0, 0.05) is 0 Å². The Balaban J connectivity index is 4.56. The summed E-state index contributed by atoms with van der Waals surface area (Å²) in [7, 11) is -4.46. The smallest absolute Gasteiger partial charge is 0.343 e.